The lowest BCUT2D eigenvalue weighted by molar-refractivity contribution is 0.349. The van der Waals surface area contributed by atoms with Crippen LogP contribution in [0.15, 0.2) is 64.4 Å². The fourth-order valence-electron chi connectivity index (χ4n) is 4.18. The zero-order valence-electron chi connectivity index (χ0n) is 26.0. The maximum Gasteiger partial charge on any atom is 0.515 e. The third kappa shape index (κ3) is 7.48. The van der Waals surface area contributed by atoms with Crippen LogP contribution in [-0.4, -0.2) is 49.6 Å². The van der Waals surface area contributed by atoms with Crippen molar-refractivity contribution < 1.29 is 71.7 Å². The zero-order chi connectivity index (χ0) is 36.0. The highest BCUT2D eigenvalue weighted by molar-refractivity contribution is 7.99. The van der Waals surface area contributed by atoms with Crippen LogP contribution in [0.3, 0.4) is 0 Å². The van der Waals surface area contributed by atoms with E-state index in [4.69, 9.17) is 32.6 Å². The Labute approximate surface area is 270 Å². The Balaban J connectivity index is 0.000000348. The van der Waals surface area contributed by atoms with Crippen molar-refractivity contribution in [2.75, 3.05) is 42.7 Å². The van der Waals surface area contributed by atoms with Crippen LogP contribution in [0, 0.1) is 29.1 Å². The van der Waals surface area contributed by atoms with Crippen molar-refractivity contribution in [3.8, 4) is 40.2 Å². The minimum absolute atomic E-state index is 0.166. The van der Waals surface area contributed by atoms with Crippen LogP contribution in [0.25, 0.3) is 0 Å². The summed E-state index contributed by atoms with van der Waals surface area (Å²) in [7, 11) is 5.24. The molecule has 4 rings (SSSR count). The van der Waals surface area contributed by atoms with Crippen LogP contribution in [-0.2, 0) is 14.4 Å². The van der Waals surface area contributed by atoms with Gasteiger partial charge < -0.3 is 41.4 Å². The van der Waals surface area contributed by atoms with Gasteiger partial charge in [-0.15, -0.1) is 0 Å². The molecule has 0 saturated heterocycles. The summed E-state index contributed by atoms with van der Waals surface area (Å²) >= 11 is 0. The second kappa shape index (κ2) is 15.4. The highest BCUT2D eigenvalue weighted by Gasteiger charge is 2.51. The standard InChI is InChI=1S/C24H27O8S.C6BF8/c1-26-17-12-19(28-3)23(20(13-17)29-4)33(25,32-16-10-8-7-9-11-16)24-21(30-5)14-18(27-2)15-22(24)31-6;8-2-1(7(13,14)15)3(9)5(11)6(12)4(2)10/h7-15H,1-6H3;/q+1;-1. The second-order valence-corrected chi connectivity index (χ2v) is 11.2. The fraction of sp³-hybridized carbons (Fsp3) is 0.200. The van der Waals surface area contributed by atoms with Crippen LogP contribution in [0.4, 0.5) is 34.9 Å². The Bertz CT molecular complexity index is 1660. The molecule has 18 heteroatoms. The molecule has 0 aliphatic heterocycles. The van der Waals surface area contributed by atoms with E-state index in [1.54, 1.807) is 48.5 Å². The van der Waals surface area contributed by atoms with Crippen LogP contribution < -0.4 is 38.1 Å². The van der Waals surface area contributed by atoms with E-state index in [-0.39, 0.29) is 32.8 Å². The SMILES string of the molecule is COc1cc(OC)c([S+](=O)(Oc2ccccc2)c2c(OC)cc(OC)cc2OC)c(OC)c1.Fc1c(F)c(F)c([B-](F)(F)F)c(F)c1F. The molecule has 0 aliphatic carbocycles. The van der Waals surface area contributed by atoms with E-state index in [1.807, 2.05) is 6.07 Å². The van der Waals surface area contributed by atoms with E-state index < -0.39 is 51.7 Å². The lowest BCUT2D eigenvalue weighted by Gasteiger charge is -2.20. The Morgan fingerprint density at radius 3 is 1.12 bits per heavy atom. The molecule has 4 aromatic carbocycles. The largest absolute Gasteiger partial charge is 0.515 e. The predicted molar refractivity (Wildman–Crippen MR) is 159 cm³/mol. The summed E-state index contributed by atoms with van der Waals surface area (Å²) in [5.74, 6) is -11.3. The molecule has 0 N–H and O–H groups in total. The van der Waals surface area contributed by atoms with Gasteiger partial charge in [0.25, 0.3) is 9.79 Å². The highest BCUT2D eigenvalue weighted by atomic mass is 32.3. The lowest BCUT2D eigenvalue weighted by atomic mass is 9.79. The Morgan fingerprint density at radius 1 is 0.500 bits per heavy atom. The molecule has 0 fully saturated rings. The average molecular weight is 710 g/mol. The Morgan fingerprint density at radius 2 is 0.833 bits per heavy atom. The lowest BCUT2D eigenvalue weighted by Crippen LogP contribution is -2.41. The van der Waals surface area contributed by atoms with E-state index in [1.165, 1.54) is 42.7 Å². The molecule has 0 bridgehead atoms. The van der Waals surface area contributed by atoms with Gasteiger partial charge in [-0.1, -0.05) is 18.2 Å². The van der Waals surface area contributed by atoms with Crippen molar-refractivity contribution in [2.45, 2.75) is 9.79 Å². The number of methoxy groups -OCH3 is 6. The quantitative estimate of drug-likeness (QED) is 0.0537. The normalized spacial score (nSPS) is 11.2. The summed E-state index contributed by atoms with van der Waals surface area (Å²) < 4.78 is 152. The summed E-state index contributed by atoms with van der Waals surface area (Å²) in [6, 6.07) is 15.2. The molecule has 0 unspecified atom stereocenters. The van der Waals surface area contributed by atoms with Crippen LogP contribution in [0.1, 0.15) is 0 Å². The molecule has 0 aliphatic rings. The number of rotatable bonds is 11. The van der Waals surface area contributed by atoms with E-state index in [0.29, 0.717) is 17.2 Å². The summed E-state index contributed by atoms with van der Waals surface area (Å²) in [6.07, 6.45) is 0. The van der Waals surface area contributed by atoms with Gasteiger partial charge in [0, 0.05) is 24.3 Å². The zero-order valence-corrected chi connectivity index (χ0v) is 26.8. The summed E-state index contributed by atoms with van der Waals surface area (Å²) in [4.78, 5) is 0.331. The second-order valence-electron chi connectivity index (χ2n) is 9.18. The number of para-hydroxylation sites is 1. The van der Waals surface area contributed by atoms with Gasteiger partial charge in [0.2, 0.25) is 0 Å². The highest BCUT2D eigenvalue weighted by Crippen LogP contribution is 2.51. The van der Waals surface area contributed by atoms with Crippen molar-refractivity contribution >= 4 is 22.7 Å². The first-order chi connectivity index (χ1) is 22.6. The van der Waals surface area contributed by atoms with Crippen molar-refractivity contribution in [2.24, 2.45) is 0 Å². The molecule has 0 heterocycles. The van der Waals surface area contributed by atoms with Gasteiger partial charge in [-0.3, -0.25) is 4.18 Å². The van der Waals surface area contributed by atoms with Gasteiger partial charge in [0.15, 0.2) is 46.2 Å². The fourth-order valence-corrected chi connectivity index (χ4v) is 6.56. The summed E-state index contributed by atoms with van der Waals surface area (Å²) in [5.41, 5.74) is -2.73. The predicted octanol–water partition coefficient (Wildman–Crippen LogP) is 7.09. The molecule has 0 aromatic heterocycles. The average Bonchev–Trinajstić information content (AvgIpc) is 3.08. The summed E-state index contributed by atoms with van der Waals surface area (Å²) in [5, 5.41) is 0. The first kappa shape index (κ1) is 37.6. The molecule has 0 spiro atoms. The molecule has 0 radical (unpaired) electrons. The molecule has 0 saturated carbocycles. The molecule has 0 atom stereocenters. The monoisotopic (exact) mass is 710 g/mol. The van der Waals surface area contributed by atoms with Gasteiger partial charge in [-0.05, 0) is 21.8 Å². The maximum absolute atomic E-state index is 15.1. The van der Waals surface area contributed by atoms with Crippen LogP contribution in [0.2, 0.25) is 0 Å². The van der Waals surface area contributed by atoms with Gasteiger partial charge in [-0.2, -0.15) is 0 Å². The molecule has 260 valence electrons. The third-order valence-electron chi connectivity index (χ3n) is 6.40. The maximum atomic E-state index is 15.1. The minimum atomic E-state index is -6.30. The summed E-state index contributed by atoms with van der Waals surface area (Å²) in [6.45, 7) is -6.30. The first-order valence-electron chi connectivity index (χ1n) is 13.2. The van der Waals surface area contributed by atoms with Crippen LogP contribution in [0.5, 0.6) is 40.2 Å². The van der Waals surface area contributed by atoms with E-state index >= 15 is 4.21 Å². The minimum Gasteiger partial charge on any atom is -0.496 e. The van der Waals surface area contributed by atoms with Gasteiger partial charge >= 0.3 is 17.2 Å². The van der Waals surface area contributed by atoms with Gasteiger partial charge in [0.05, 0.1) is 42.7 Å². The molecule has 48 heavy (non-hydrogen) atoms. The topological polar surface area (TPSA) is 81.7 Å². The Kier molecular flexibility index (Phi) is 12.0. The van der Waals surface area contributed by atoms with Crippen molar-refractivity contribution in [1.82, 2.24) is 0 Å². The number of hydrogen-bond acceptors (Lipinski definition) is 8. The van der Waals surface area contributed by atoms with Gasteiger partial charge in [-0.25, -0.2) is 22.0 Å². The molecule has 0 amide bonds. The number of ether oxygens (including phenoxy) is 6. The Hall–Kier alpha value is -4.87. The molecule has 8 nitrogen and oxygen atoms in total. The van der Waals surface area contributed by atoms with Crippen molar-refractivity contribution in [1.29, 1.82) is 0 Å². The van der Waals surface area contributed by atoms with Crippen molar-refractivity contribution in [3.63, 3.8) is 0 Å². The number of hydrogen-bond donors (Lipinski definition) is 0. The van der Waals surface area contributed by atoms with E-state index in [0.717, 1.165) is 0 Å². The van der Waals surface area contributed by atoms with E-state index in [2.05, 4.69) is 0 Å². The molecular weight excluding hydrogens is 683 g/mol. The smallest absolute Gasteiger partial charge is 0.496 e. The molecule has 4 aromatic rings. The number of halogens is 8. The third-order valence-corrected chi connectivity index (χ3v) is 8.71. The first-order valence-corrected chi connectivity index (χ1v) is 14.7. The van der Waals surface area contributed by atoms with Crippen LogP contribution >= 0.6 is 0 Å². The van der Waals surface area contributed by atoms with E-state index in [9.17, 15) is 34.9 Å². The van der Waals surface area contributed by atoms with Gasteiger partial charge in [0.1, 0.15) is 23.1 Å². The van der Waals surface area contributed by atoms with Crippen molar-refractivity contribution in [3.05, 3.63) is 83.7 Å². The number of benzene rings is 4. The molecular formula is C30H27BF8O8S.